The van der Waals surface area contributed by atoms with Crippen LogP contribution in [0.5, 0.6) is 0 Å². The number of aliphatic hydroxyl groups excluding tert-OH is 1. The van der Waals surface area contributed by atoms with Crippen LogP contribution in [0.15, 0.2) is 16.9 Å². The first-order valence-corrected chi connectivity index (χ1v) is 5.57. The minimum Gasteiger partial charge on any atom is -0.396 e. The molecule has 94 valence electrons. The number of carbonyl (C=O) groups excluding carboxylic acids is 1. The smallest absolute Gasteiger partial charge is 0.260 e. The average Bonchev–Trinajstić information content (AvgIpc) is 2.27. The lowest BCUT2D eigenvalue weighted by atomic mass is 10.0. The van der Waals surface area contributed by atoms with Gasteiger partial charge in [0.2, 0.25) is 0 Å². The molecule has 5 nitrogen and oxygen atoms in total. The zero-order valence-electron chi connectivity index (χ0n) is 10.3. The molecule has 0 fully saturated rings. The Morgan fingerprint density at radius 3 is 2.65 bits per heavy atom. The van der Waals surface area contributed by atoms with Crippen molar-refractivity contribution in [1.82, 2.24) is 10.3 Å². The Hall–Kier alpha value is -1.62. The number of amides is 1. The van der Waals surface area contributed by atoms with Crippen LogP contribution in [-0.2, 0) is 0 Å². The number of nitrogens with one attached hydrogen (secondary N) is 2. The summed E-state index contributed by atoms with van der Waals surface area (Å²) in [7, 11) is 0. The van der Waals surface area contributed by atoms with Crippen LogP contribution >= 0.6 is 0 Å². The number of hydrogen-bond acceptors (Lipinski definition) is 3. The van der Waals surface area contributed by atoms with Gasteiger partial charge >= 0.3 is 0 Å². The van der Waals surface area contributed by atoms with E-state index < -0.39 is 11.5 Å². The normalized spacial score (nSPS) is 14.1. The molecule has 0 saturated heterocycles. The highest BCUT2D eigenvalue weighted by atomic mass is 16.3. The quantitative estimate of drug-likeness (QED) is 0.711. The topological polar surface area (TPSA) is 82.2 Å². The van der Waals surface area contributed by atoms with E-state index in [1.807, 2.05) is 6.92 Å². The second-order valence-corrected chi connectivity index (χ2v) is 4.31. The van der Waals surface area contributed by atoms with E-state index in [2.05, 4.69) is 10.3 Å². The fourth-order valence-electron chi connectivity index (χ4n) is 1.34. The van der Waals surface area contributed by atoms with Crippen molar-refractivity contribution < 1.29 is 9.90 Å². The summed E-state index contributed by atoms with van der Waals surface area (Å²) in [6.07, 6.45) is 0. The highest BCUT2D eigenvalue weighted by Gasteiger charge is 2.16. The molecular weight excluding hydrogens is 220 g/mol. The SMILES string of the molecule is Cc1ccc(C(=O)N[C@H](C)[C@@H](C)CO)c(=O)[nH]1. The molecule has 0 aliphatic carbocycles. The molecule has 1 aromatic rings. The summed E-state index contributed by atoms with van der Waals surface area (Å²) in [5, 5.41) is 11.6. The molecule has 0 aliphatic rings. The summed E-state index contributed by atoms with van der Waals surface area (Å²) in [5.74, 6) is -0.470. The van der Waals surface area contributed by atoms with Gasteiger partial charge in [0.05, 0.1) is 0 Å². The van der Waals surface area contributed by atoms with Crippen molar-refractivity contribution in [3.63, 3.8) is 0 Å². The number of carbonyl (C=O) groups is 1. The predicted molar refractivity (Wildman–Crippen MR) is 65.0 cm³/mol. The van der Waals surface area contributed by atoms with Crippen molar-refractivity contribution in [3.8, 4) is 0 Å². The van der Waals surface area contributed by atoms with E-state index in [-0.39, 0.29) is 24.1 Å². The maximum atomic E-state index is 11.8. The summed E-state index contributed by atoms with van der Waals surface area (Å²) in [6, 6.07) is 2.99. The number of aromatic nitrogens is 1. The first-order valence-electron chi connectivity index (χ1n) is 5.57. The number of aryl methyl sites for hydroxylation is 1. The molecule has 17 heavy (non-hydrogen) atoms. The van der Waals surface area contributed by atoms with Crippen LogP contribution in [0.4, 0.5) is 0 Å². The Morgan fingerprint density at radius 1 is 1.47 bits per heavy atom. The molecule has 1 amide bonds. The summed E-state index contributed by atoms with van der Waals surface area (Å²) in [5.41, 5.74) is 0.405. The molecular formula is C12H18N2O3. The Morgan fingerprint density at radius 2 is 2.12 bits per heavy atom. The van der Waals surface area contributed by atoms with Gasteiger partial charge in [0.25, 0.3) is 11.5 Å². The molecule has 1 aromatic heterocycles. The van der Waals surface area contributed by atoms with Crippen molar-refractivity contribution in [3.05, 3.63) is 33.7 Å². The Labute approximate surface area is 99.9 Å². The van der Waals surface area contributed by atoms with Crippen LogP contribution in [0.25, 0.3) is 0 Å². The molecule has 3 N–H and O–H groups in total. The molecule has 1 heterocycles. The van der Waals surface area contributed by atoms with E-state index in [0.717, 1.165) is 0 Å². The molecule has 0 aliphatic heterocycles. The van der Waals surface area contributed by atoms with Gasteiger partial charge in [-0.1, -0.05) is 6.92 Å². The Kier molecular flexibility index (Phi) is 4.45. The first-order chi connectivity index (χ1) is 7.95. The molecule has 0 unspecified atom stereocenters. The molecule has 0 aromatic carbocycles. The van der Waals surface area contributed by atoms with Gasteiger partial charge in [-0.25, -0.2) is 0 Å². The van der Waals surface area contributed by atoms with Gasteiger partial charge in [0, 0.05) is 18.3 Å². The van der Waals surface area contributed by atoms with E-state index >= 15 is 0 Å². The number of aromatic amines is 1. The van der Waals surface area contributed by atoms with Gasteiger partial charge < -0.3 is 15.4 Å². The minimum atomic E-state index is -0.418. The van der Waals surface area contributed by atoms with Gasteiger partial charge in [0.15, 0.2) is 0 Å². The fourth-order valence-corrected chi connectivity index (χ4v) is 1.34. The molecule has 0 bridgehead atoms. The second kappa shape index (κ2) is 5.63. The molecule has 1 rings (SSSR count). The largest absolute Gasteiger partial charge is 0.396 e. The third kappa shape index (κ3) is 3.42. The van der Waals surface area contributed by atoms with Gasteiger partial charge in [-0.2, -0.15) is 0 Å². The van der Waals surface area contributed by atoms with Crippen LogP contribution in [0.1, 0.15) is 29.9 Å². The van der Waals surface area contributed by atoms with Crippen molar-refractivity contribution in [2.24, 2.45) is 5.92 Å². The van der Waals surface area contributed by atoms with E-state index in [1.165, 1.54) is 6.07 Å². The van der Waals surface area contributed by atoms with Crippen molar-refractivity contribution >= 4 is 5.91 Å². The second-order valence-electron chi connectivity index (χ2n) is 4.31. The van der Waals surface area contributed by atoms with Crippen molar-refractivity contribution in [2.45, 2.75) is 26.8 Å². The number of aliphatic hydroxyl groups is 1. The zero-order valence-corrected chi connectivity index (χ0v) is 10.3. The van der Waals surface area contributed by atoms with Crippen LogP contribution < -0.4 is 10.9 Å². The van der Waals surface area contributed by atoms with Crippen LogP contribution in [0, 0.1) is 12.8 Å². The number of hydrogen-bond donors (Lipinski definition) is 3. The van der Waals surface area contributed by atoms with Crippen molar-refractivity contribution in [1.29, 1.82) is 0 Å². The van der Waals surface area contributed by atoms with Gasteiger partial charge in [0.1, 0.15) is 5.56 Å². The lowest BCUT2D eigenvalue weighted by Gasteiger charge is -2.18. The molecule has 5 heteroatoms. The third-order valence-electron chi connectivity index (χ3n) is 2.80. The lowest BCUT2D eigenvalue weighted by Crippen LogP contribution is -2.40. The highest BCUT2D eigenvalue weighted by molar-refractivity contribution is 5.93. The van der Waals surface area contributed by atoms with E-state index in [1.54, 1.807) is 19.9 Å². The van der Waals surface area contributed by atoms with E-state index in [4.69, 9.17) is 5.11 Å². The lowest BCUT2D eigenvalue weighted by molar-refractivity contribution is 0.0914. The van der Waals surface area contributed by atoms with Gasteiger partial charge in [-0.3, -0.25) is 9.59 Å². The summed E-state index contributed by atoms with van der Waals surface area (Å²) >= 11 is 0. The molecule has 0 saturated carbocycles. The van der Waals surface area contributed by atoms with Crippen LogP contribution in [0.2, 0.25) is 0 Å². The predicted octanol–water partition coefficient (Wildman–Crippen LogP) is 0.430. The zero-order chi connectivity index (χ0) is 13.0. The van der Waals surface area contributed by atoms with Gasteiger partial charge in [-0.15, -0.1) is 0 Å². The maximum Gasteiger partial charge on any atom is 0.260 e. The summed E-state index contributed by atoms with van der Waals surface area (Å²) < 4.78 is 0. The Balaban J connectivity index is 2.80. The first kappa shape index (κ1) is 13.4. The van der Waals surface area contributed by atoms with Crippen molar-refractivity contribution in [2.75, 3.05) is 6.61 Å². The third-order valence-corrected chi connectivity index (χ3v) is 2.80. The van der Waals surface area contributed by atoms with Gasteiger partial charge in [-0.05, 0) is 31.9 Å². The van der Waals surface area contributed by atoms with Crippen LogP contribution in [-0.4, -0.2) is 28.6 Å². The number of rotatable bonds is 4. The molecule has 0 spiro atoms. The van der Waals surface area contributed by atoms with E-state index in [9.17, 15) is 9.59 Å². The maximum absolute atomic E-state index is 11.8. The standard InChI is InChI=1S/C12H18N2O3/c1-7(6-15)9(3)14-12(17)10-5-4-8(2)13-11(10)16/h4-5,7,9,15H,6H2,1-3H3,(H,13,16)(H,14,17)/t7-,9+/m0/s1. The monoisotopic (exact) mass is 238 g/mol. The summed E-state index contributed by atoms with van der Waals surface area (Å²) in [6.45, 7) is 5.36. The highest BCUT2D eigenvalue weighted by Crippen LogP contribution is 2.02. The fraction of sp³-hybridized carbons (Fsp3) is 0.500. The number of H-pyrrole nitrogens is 1. The Bertz CT molecular complexity index is 453. The molecule has 0 radical (unpaired) electrons. The average molecular weight is 238 g/mol. The molecule has 2 atom stereocenters. The van der Waals surface area contributed by atoms with Crippen LogP contribution in [0.3, 0.4) is 0 Å². The summed E-state index contributed by atoms with van der Waals surface area (Å²) in [4.78, 5) is 25.9. The number of pyridine rings is 1. The van der Waals surface area contributed by atoms with E-state index in [0.29, 0.717) is 5.69 Å². The minimum absolute atomic E-state index is 0.00823.